The van der Waals surface area contributed by atoms with Gasteiger partial charge in [0.05, 0.1) is 11.9 Å². The Hall–Kier alpha value is -0.940. The summed E-state index contributed by atoms with van der Waals surface area (Å²) in [5.74, 6) is 0. The van der Waals surface area contributed by atoms with Gasteiger partial charge in [0.25, 0.3) is 0 Å². The van der Waals surface area contributed by atoms with E-state index in [4.69, 9.17) is 5.11 Å². The van der Waals surface area contributed by atoms with Crippen molar-refractivity contribution in [1.82, 2.24) is 20.3 Å². The second kappa shape index (κ2) is 4.52. The van der Waals surface area contributed by atoms with Gasteiger partial charge in [-0.05, 0) is 20.3 Å². The summed E-state index contributed by atoms with van der Waals surface area (Å²) in [5.41, 5.74) is 0.981. The van der Waals surface area contributed by atoms with Crippen molar-refractivity contribution in [2.45, 2.75) is 32.4 Å². The number of rotatable bonds is 5. The van der Waals surface area contributed by atoms with Crippen LogP contribution in [0.2, 0.25) is 0 Å². The third-order valence-electron chi connectivity index (χ3n) is 2.29. The molecule has 0 aliphatic heterocycles. The molecule has 0 fully saturated rings. The lowest BCUT2D eigenvalue weighted by Crippen LogP contribution is -2.39. The molecule has 14 heavy (non-hydrogen) atoms. The van der Waals surface area contributed by atoms with Crippen molar-refractivity contribution < 1.29 is 5.11 Å². The summed E-state index contributed by atoms with van der Waals surface area (Å²) in [6, 6.07) is 0. The topological polar surface area (TPSA) is 63.0 Å². The highest BCUT2D eigenvalue weighted by atomic mass is 16.3. The molecule has 0 saturated carbocycles. The summed E-state index contributed by atoms with van der Waals surface area (Å²) in [4.78, 5) is 0. The molecule has 2 N–H and O–H groups in total. The van der Waals surface area contributed by atoms with Gasteiger partial charge in [-0.15, -0.1) is 5.10 Å². The van der Waals surface area contributed by atoms with Gasteiger partial charge in [-0.3, -0.25) is 4.68 Å². The highest BCUT2D eigenvalue weighted by molar-refractivity contribution is 4.94. The summed E-state index contributed by atoms with van der Waals surface area (Å²) in [6.45, 7) is 5.04. The molecular formula is C9H18N4O. The zero-order chi connectivity index (χ0) is 10.6. The number of aliphatic hydroxyl groups excluding tert-OH is 1. The van der Waals surface area contributed by atoms with E-state index >= 15 is 0 Å². The Bertz CT molecular complexity index is 282. The van der Waals surface area contributed by atoms with Gasteiger partial charge in [-0.25, -0.2) is 0 Å². The van der Waals surface area contributed by atoms with Crippen molar-refractivity contribution >= 4 is 0 Å². The fourth-order valence-corrected chi connectivity index (χ4v) is 1.17. The molecular weight excluding hydrogens is 180 g/mol. The number of aryl methyl sites for hydroxylation is 1. The molecule has 0 spiro atoms. The molecule has 1 aromatic rings. The van der Waals surface area contributed by atoms with E-state index in [0.717, 1.165) is 18.7 Å². The summed E-state index contributed by atoms with van der Waals surface area (Å²) < 4.78 is 1.74. The van der Waals surface area contributed by atoms with Crippen LogP contribution in [0.4, 0.5) is 0 Å². The smallest absolute Gasteiger partial charge is 0.0738 e. The molecule has 0 radical (unpaired) electrons. The first kappa shape index (κ1) is 11.1. The molecule has 0 aliphatic carbocycles. The molecule has 0 amide bonds. The lowest BCUT2D eigenvalue weighted by molar-refractivity contribution is 0.229. The van der Waals surface area contributed by atoms with Crippen LogP contribution in [0.5, 0.6) is 0 Å². The van der Waals surface area contributed by atoms with Gasteiger partial charge in [-0.2, -0.15) is 0 Å². The standard InChI is InChI=1S/C9H18N4O/c1-9(2,4-5-14)10-6-8-7-11-12-13(8)3/h7,10,14H,4-6H2,1-3H3. The Labute approximate surface area is 84.1 Å². The van der Waals surface area contributed by atoms with E-state index in [1.54, 1.807) is 10.9 Å². The molecule has 0 aromatic carbocycles. The Kier molecular flexibility index (Phi) is 3.60. The maximum absolute atomic E-state index is 8.84. The number of hydrogen-bond acceptors (Lipinski definition) is 4. The molecule has 0 saturated heterocycles. The predicted octanol–water partition coefficient (Wildman–Crippen LogP) is 0.0657. The van der Waals surface area contributed by atoms with E-state index in [9.17, 15) is 0 Å². The van der Waals surface area contributed by atoms with Crippen molar-refractivity contribution in [2.75, 3.05) is 6.61 Å². The molecule has 0 bridgehead atoms. The Morgan fingerprint density at radius 2 is 2.29 bits per heavy atom. The summed E-state index contributed by atoms with van der Waals surface area (Å²) in [6.07, 6.45) is 2.47. The number of aliphatic hydroxyl groups is 1. The van der Waals surface area contributed by atoms with E-state index in [-0.39, 0.29) is 12.1 Å². The minimum absolute atomic E-state index is 0.0565. The van der Waals surface area contributed by atoms with Crippen LogP contribution in [0, 0.1) is 0 Å². The van der Waals surface area contributed by atoms with Crippen LogP contribution >= 0.6 is 0 Å². The highest BCUT2D eigenvalue weighted by Gasteiger charge is 2.16. The minimum Gasteiger partial charge on any atom is -0.396 e. The SMILES string of the molecule is Cn1nncc1CNC(C)(C)CCO. The largest absolute Gasteiger partial charge is 0.396 e. The van der Waals surface area contributed by atoms with E-state index in [0.29, 0.717) is 0 Å². The Morgan fingerprint density at radius 3 is 2.79 bits per heavy atom. The quantitative estimate of drug-likeness (QED) is 0.702. The maximum Gasteiger partial charge on any atom is 0.0738 e. The van der Waals surface area contributed by atoms with E-state index in [1.807, 2.05) is 7.05 Å². The molecule has 1 heterocycles. The number of nitrogens with zero attached hydrogens (tertiary/aromatic N) is 3. The van der Waals surface area contributed by atoms with Crippen LogP contribution in [0.15, 0.2) is 6.20 Å². The zero-order valence-corrected chi connectivity index (χ0v) is 8.99. The fourth-order valence-electron chi connectivity index (χ4n) is 1.17. The molecule has 80 valence electrons. The Morgan fingerprint density at radius 1 is 1.57 bits per heavy atom. The van der Waals surface area contributed by atoms with Gasteiger partial charge in [0.1, 0.15) is 0 Å². The second-order valence-electron chi connectivity index (χ2n) is 4.06. The monoisotopic (exact) mass is 198 g/mol. The van der Waals surface area contributed by atoms with Gasteiger partial charge < -0.3 is 10.4 Å². The minimum atomic E-state index is -0.0565. The van der Waals surface area contributed by atoms with Crippen LogP contribution in [-0.4, -0.2) is 32.2 Å². The van der Waals surface area contributed by atoms with Crippen LogP contribution in [0.1, 0.15) is 26.0 Å². The number of hydrogen-bond donors (Lipinski definition) is 2. The Balaban J connectivity index is 2.44. The molecule has 0 unspecified atom stereocenters. The van der Waals surface area contributed by atoms with Gasteiger partial charge in [0.2, 0.25) is 0 Å². The first-order valence-electron chi connectivity index (χ1n) is 4.74. The normalized spacial score (nSPS) is 12.0. The summed E-state index contributed by atoms with van der Waals surface area (Å²) in [7, 11) is 1.86. The van der Waals surface area contributed by atoms with E-state index < -0.39 is 0 Å². The molecule has 1 aromatic heterocycles. The van der Waals surface area contributed by atoms with Crippen LogP contribution in [0.25, 0.3) is 0 Å². The van der Waals surface area contributed by atoms with Crippen molar-refractivity contribution in [3.8, 4) is 0 Å². The zero-order valence-electron chi connectivity index (χ0n) is 8.99. The average Bonchev–Trinajstić information content (AvgIpc) is 2.48. The first-order chi connectivity index (χ1) is 6.55. The van der Waals surface area contributed by atoms with Crippen LogP contribution in [0.3, 0.4) is 0 Å². The molecule has 1 rings (SSSR count). The number of nitrogens with one attached hydrogen (secondary N) is 1. The fraction of sp³-hybridized carbons (Fsp3) is 0.778. The average molecular weight is 198 g/mol. The maximum atomic E-state index is 8.84. The van der Waals surface area contributed by atoms with Gasteiger partial charge in [0, 0.05) is 25.7 Å². The first-order valence-corrected chi connectivity index (χ1v) is 4.74. The van der Waals surface area contributed by atoms with Gasteiger partial charge in [0.15, 0.2) is 0 Å². The molecule has 0 atom stereocenters. The summed E-state index contributed by atoms with van der Waals surface area (Å²) >= 11 is 0. The van der Waals surface area contributed by atoms with E-state index in [1.165, 1.54) is 0 Å². The lowest BCUT2D eigenvalue weighted by Gasteiger charge is -2.25. The summed E-state index contributed by atoms with van der Waals surface area (Å²) in [5, 5.41) is 19.8. The third-order valence-corrected chi connectivity index (χ3v) is 2.29. The molecule has 5 heteroatoms. The lowest BCUT2D eigenvalue weighted by atomic mass is 10.0. The van der Waals surface area contributed by atoms with Crippen molar-refractivity contribution in [2.24, 2.45) is 7.05 Å². The third kappa shape index (κ3) is 3.08. The van der Waals surface area contributed by atoms with Crippen molar-refractivity contribution in [3.05, 3.63) is 11.9 Å². The van der Waals surface area contributed by atoms with Crippen LogP contribution < -0.4 is 5.32 Å². The molecule has 0 aliphatic rings. The predicted molar refractivity (Wildman–Crippen MR) is 53.6 cm³/mol. The second-order valence-corrected chi connectivity index (χ2v) is 4.06. The van der Waals surface area contributed by atoms with Crippen LogP contribution in [-0.2, 0) is 13.6 Å². The molecule has 5 nitrogen and oxygen atoms in total. The van der Waals surface area contributed by atoms with E-state index in [2.05, 4.69) is 29.5 Å². The van der Waals surface area contributed by atoms with Crippen molar-refractivity contribution in [3.63, 3.8) is 0 Å². The number of aromatic nitrogens is 3. The van der Waals surface area contributed by atoms with Gasteiger partial charge in [-0.1, -0.05) is 5.21 Å². The van der Waals surface area contributed by atoms with Gasteiger partial charge >= 0.3 is 0 Å². The van der Waals surface area contributed by atoms with Crippen molar-refractivity contribution in [1.29, 1.82) is 0 Å². The highest BCUT2D eigenvalue weighted by Crippen LogP contribution is 2.08.